The summed E-state index contributed by atoms with van der Waals surface area (Å²) in [6.07, 6.45) is 0.924. The van der Waals surface area contributed by atoms with E-state index < -0.39 is 5.41 Å². The number of ether oxygens (including phenoxy) is 1. The lowest BCUT2D eigenvalue weighted by Gasteiger charge is -2.29. The molecule has 0 bridgehead atoms. The maximum atomic E-state index is 14.6. The van der Waals surface area contributed by atoms with Gasteiger partial charge >= 0.3 is 0 Å². The third kappa shape index (κ3) is 4.46. The Morgan fingerprint density at radius 3 is 2.48 bits per heavy atom. The molecule has 3 aromatic carbocycles. The molecule has 1 atom stereocenters. The number of nitrogens with zero attached hydrogens (tertiary/aromatic N) is 1. The van der Waals surface area contributed by atoms with Gasteiger partial charge in [0, 0.05) is 31.3 Å². The van der Waals surface area contributed by atoms with E-state index in [2.05, 4.69) is 5.32 Å². The highest BCUT2D eigenvalue weighted by atomic mass is 19.1. The lowest BCUT2D eigenvalue weighted by Crippen LogP contribution is -2.44. The zero-order valence-electron chi connectivity index (χ0n) is 18.8. The fourth-order valence-electron chi connectivity index (χ4n) is 4.64. The molecule has 4 rings (SSSR count). The molecule has 170 valence electrons. The number of halogens is 1. The summed E-state index contributed by atoms with van der Waals surface area (Å²) in [7, 11) is 3.17. The number of carbonyl (C=O) groups is 2. The number of rotatable bonds is 6. The summed E-state index contributed by atoms with van der Waals surface area (Å²) in [4.78, 5) is 28.0. The van der Waals surface area contributed by atoms with Crippen molar-refractivity contribution < 1.29 is 18.7 Å². The number of hydrogen-bond acceptors (Lipinski definition) is 3. The van der Waals surface area contributed by atoms with E-state index in [1.165, 1.54) is 6.07 Å². The molecule has 0 aromatic heterocycles. The molecule has 2 amide bonds. The van der Waals surface area contributed by atoms with Crippen LogP contribution in [0.2, 0.25) is 0 Å². The van der Waals surface area contributed by atoms with Gasteiger partial charge in [-0.05, 0) is 48.2 Å². The first-order valence-corrected chi connectivity index (χ1v) is 11.0. The summed E-state index contributed by atoms with van der Waals surface area (Å²) in [6, 6.07) is 21.2. The van der Waals surface area contributed by atoms with Crippen molar-refractivity contribution in [3.8, 4) is 16.9 Å². The van der Waals surface area contributed by atoms with Gasteiger partial charge in [0.15, 0.2) is 0 Å². The highest BCUT2D eigenvalue weighted by Gasteiger charge is 2.46. The maximum absolute atomic E-state index is 14.6. The van der Waals surface area contributed by atoms with Crippen LogP contribution >= 0.6 is 0 Å². The summed E-state index contributed by atoms with van der Waals surface area (Å²) in [5.74, 6) is 0.0467. The molecule has 1 aliphatic rings. The van der Waals surface area contributed by atoms with E-state index in [1.807, 2.05) is 24.3 Å². The van der Waals surface area contributed by atoms with Crippen molar-refractivity contribution in [3.63, 3.8) is 0 Å². The van der Waals surface area contributed by atoms with Crippen molar-refractivity contribution >= 4 is 11.8 Å². The quantitative estimate of drug-likeness (QED) is 0.614. The molecule has 3 aromatic rings. The van der Waals surface area contributed by atoms with Crippen LogP contribution in [0.4, 0.5) is 4.39 Å². The monoisotopic (exact) mass is 446 g/mol. The van der Waals surface area contributed by atoms with Gasteiger partial charge in [0.1, 0.15) is 11.6 Å². The Morgan fingerprint density at radius 2 is 1.76 bits per heavy atom. The predicted octanol–water partition coefficient (Wildman–Crippen LogP) is 4.32. The molecule has 5 nitrogen and oxygen atoms in total. The second-order valence-electron chi connectivity index (χ2n) is 8.38. The Hall–Kier alpha value is -3.67. The van der Waals surface area contributed by atoms with E-state index >= 15 is 0 Å². The number of benzene rings is 3. The molecule has 0 saturated carbocycles. The first kappa shape index (κ1) is 22.5. The van der Waals surface area contributed by atoms with E-state index in [-0.39, 0.29) is 24.2 Å². The summed E-state index contributed by atoms with van der Waals surface area (Å²) in [6.45, 7) is 0.750. The van der Waals surface area contributed by atoms with Crippen LogP contribution in [0.3, 0.4) is 0 Å². The average molecular weight is 447 g/mol. The van der Waals surface area contributed by atoms with E-state index in [0.717, 1.165) is 11.1 Å². The zero-order chi connectivity index (χ0) is 23.4. The molecule has 1 aliphatic heterocycles. The van der Waals surface area contributed by atoms with Crippen LogP contribution < -0.4 is 10.1 Å². The molecule has 0 aliphatic carbocycles. The molecule has 1 saturated heterocycles. The van der Waals surface area contributed by atoms with Gasteiger partial charge in [-0.2, -0.15) is 0 Å². The Bertz CT molecular complexity index is 1180. The average Bonchev–Trinajstić information content (AvgIpc) is 3.29. The van der Waals surface area contributed by atoms with E-state index in [1.54, 1.807) is 61.5 Å². The van der Waals surface area contributed by atoms with E-state index in [0.29, 0.717) is 36.3 Å². The summed E-state index contributed by atoms with van der Waals surface area (Å²) in [5.41, 5.74) is 1.86. The highest BCUT2D eigenvalue weighted by Crippen LogP contribution is 2.38. The molecule has 6 heteroatoms. The molecule has 1 fully saturated rings. The fraction of sp³-hybridized carbons (Fsp3) is 0.259. The molecular weight excluding hydrogens is 419 g/mol. The van der Waals surface area contributed by atoms with Gasteiger partial charge in [0.25, 0.3) is 5.91 Å². The minimum absolute atomic E-state index is 0.119. The number of amides is 2. The van der Waals surface area contributed by atoms with Gasteiger partial charge < -0.3 is 15.0 Å². The SMILES string of the molecule is CNC(=O)[C@]1(Cc2ccccc2-c2ccccc2F)CCN(C(=O)c2cccc(OC)c2)C1. The molecule has 1 heterocycles. The van der Waals surface area contributed by atoms with Crippen LogP contribution in [0.5, 0.6) is 5.75 Å². The number of methoxy groups -OCH3 is 1. The fourth-order valence-corrected chi connectivity index (χ4v) is 4.64. The lowest BCUT2D eigenvalue weighted by atomic mass is 9.78. The van der Waals surface area contributed by atoms with Crippen molar-refractivity contribution in [3.05, 3.63) is 89.7 Å². The van der Waals surface area contributed by atoms with Crippen LogP contribution in [0, 0.1) is 11.2 Å². The minimum atomic E-state index is -0.801. The van der Waals surface area contributed by atoms with Crippen molar-refractivity contribution in [2.45, 2.75) is 12.8 Å². The molecular formula is C27H27FN2O3. The van der Waals surface area contributed by atoms with Crippen molar-refractivity contribution in [1.82, 2.24) is 10.2 Å². The first-order valence-electron chi connectivity index (χ1n) is 11.0. The van der Waals surface area contributed by atoms with Crippen molar-refractivity contribution in [2.24, 2.45) is 5.41 Å². The Morgan fingerprint density at radius 1 is 1.03 bits per heavy atom. The molecule has 0 unspecified atom stereocenters. The first-order chi connectivity index (χ1) is 16.0. The number of carbonyl (C=O) groups excluding carboxylic acids is 2. The van der Waals surface area contributed by atoms with E-state index in [4.69, 9.17) is 4.74 Å². The van der Waals surface area contributed by atoms with Gasteiger partial charge in [0.05, 0.1) is 12.5 Å². The topological polar surface area (TPSA) is 58.6 Å². The summed E-state index contributed by atoms with van der Waals surface area (Å²) in [5, 5.41) is 2.79. The van der Waals surface area contributed by atoms with Crippen molar-refractivity contribution in [2.75, 3.05) is 27.2 Å². The van der Waals surface area contributed by atoms with Crippen LogP contribution in [-0.4, -0.2) is 44.0 Å². The third-order valence-electron chi connectivity index (χ3n) is 6.38. The molecule has 0 spiro atoms. The van der Waals surface area contributed by atoms with Gasteiger partial charge in [-0.15, -0.1) is 0 Å². The smallest absolute Gasteiger partial charge is 0.254 e. The summed E-state index contributed by atoms with van der Waals surface area (Å²) >= 11 is 0. The van der Waals surface area contributed by atoms with Crippen LogP contribution in [0.25, 0.3) is 11.1 Å². The molecule has 0 radical (unpaired) electrons. The Kier molecular flexibility index (Phi) is 6.45. The number of nitrogens with one attached hydrogen (secondary N) is 1. The minimum Gasteiger partial charge on any atom is -0.497 e. The van der Waals surface area contributed by atoms with Crippen LogP contribution in [-0.2, 0) is 11.2 Å². The second-order valence-corrected chi connectivity index (χ2v) is 8.38. The summed E-state index contributed by atoms with van der Waals surface area (Å²) < 4.78 is 19.8. The third-order valence-corrected chi connectivity index (χ3v) is 6.38. The van der Waals surface area contributed by atoms with Gasteiger partial charge in [-0.3, -0.25) is 9.59 Å². The van der Waals surface area contributed by atoms with E-state index in [9.17, 15) is 14.0 Å². The largest absolute Gasteiger partial charge is 0.497 e. The predicted molar refractivity (Wildman–Crippen MR) is 126 cm³/mol. The van der Waals surface area contributed by atoms with Crippen LogP contribution in [0.1, 0.15) is 22.3 Å². The number of hydrogen-bond donors (Lipinski definition) is 1. The lowest BCUT2D eigenvalue weighted by molar-refractivity contribution is -0.129. The Labute approximate surface area is 193 Å². The van der Waals surface area contributed by atoms with Gasteiger partial charge in [-0.1, -0.05) is 48.5 Å². The van der Waals surface area contributed by atoms with Gasteiger partial charge in [0.2, 0.25) is 5.91 Å². The Balaban J connectivity index is 1.65. The zero-order valence-corrected chi connectivity index (χ0v) is 18.8. The molecule has 1 N–H and O–H groups in total. The van der Waals surface area contributed by atoms with Gasteiger partial charge in [-0.25, -0.2) is 4.39 Å². The number of likely N-dealkylation sites (tertiary alicyclic amines) is 1. The normalized spacial score (nSPS) is 17.6. The standard InChI is InChI=1S/C27H27FN2O3/c1-29-26(32)27(14-15-30(18-27)25(31)19-9-7-10-21(16-19)33-2)17-20-8-3-4-11-22(20)23-12-5-6-13-24(23)28/h3-13,16H,14-15,17-18H2,1-2H3,(H,29,32)/t27-/m0/s1. The maximum Gasteiger partial charge on any atom is 0.254 e. The van der Waals surface area contributed by atoms with Crippen LogP contribution in [0.15, 0.2) is 72.8 Å². The second kappa shape index (κ2) is 9.45. The highest BCUT2D eigenvalue weighted by molar-refractivity contribution is 5.96. The molecule has 33 heavy (non-hydrogen) atoms. The van der Waals surface area contributed by atoms with Crippen molar-refractivity contribution in [1.29, 1.82) is 0 Å².